The van der Waals surface area contributed by atoms with E-state index in [1.807, 2.05) is 13.8 Å². The molecule has 6 heteroatoms. The molecule has 24 heavy (non-hydrogen) atoms. The third-order valence-electron chi connectivity index (χ3n) is 3.99. The first-order valence-corrected chi connectivity index (χ1v) is 7.93. The molecule has 0 spiro atoms. The molecule has 1 N–H and O–H groups in total. The zero-order valence-electron chi connectivity index (χ0n) is 13.6. The van der Waals surface area contributed by atoms with Gasteiger partial charge in [-0.1, -0.05) is 19.0 Å². The van der Waals surface area contributed by atoms with E-state index in [2.05, 4.69) is 15.5 Å². The summed E-state index contributed by atoms with van der Waals surface area (Å²) in [6.45, 7) is 4.28. The second-order valence-corrected chi connectivity index (χ2v) is 5.42. The summed E-state index contributed by atoms with van der Waals surface area (Å²) in [6, 6.07) is 5.99. The van der Waals surface area contributed by atoms with Crippen LogP contribution in [0.2, 0.25) is 0 Å². The van der Waals surface area contributed by atoms with E-state index >= 15 is 0 Å². The number of aryl methyl sites for hydroxylation is 2. The smallest absolute Gasteiger partial charge is 0.253 e. The van der Waals surface area contributed by atoms with Crippen molar-refractivity contribution in [3.05, 3.63) is 58.9 Å². The van der Waals surface area contributed by atoms with Gasteiger partial charge in [-0.2, -0.15) is 0 Å². The summed E-state index contributed by atoms with van der Waals surface area (Å²) in [4.78, 5) is 16.7. The van der Waals surface area contributed by atoms with E-state index in [9.17, 15) is 9.18 Å². The standard InChI is InChI=1S/C18H18FN3O2/c1-3-15-13(16(4-2)24-22-15)10-21-18(23)12-7-8-14(19)11-6-5-9-20-17(11)12/h5-9H,3-4,10H2,1-2H3,(H,21,23). The Morgan fingerprint density at radius 1 is 1.25 bits per heavy atom. The Hall–Kier alpha value is -2.76. The van der Waals surface area contributed by atoms with Crippen molar-refractivity contribution in [2.45, 2.75) is 33.2 Å². The third kappa shape index (κ3) is 2.87. The fourth-order valence-electron chi connectivity index (χ4n) is 2.72. The first-order chi connectivity index (χ1) is 11.7. The number of carbonyl (C=O) groups is 1. The molecule has 0 aliphatic carbocycles. The maximum Gasteiger partial charge on any atom is 0.253 e. The van der Waals surface area contributed by atoms with Crippen LogP contribution in [0.3, 0.4) is 0 Å². The minimum absolute atomic E-state index is 0.302. The summed E-state index contributed by atoms with van der Waals surface area (Å²) < 4.78 is 19.1. The first kappa shape index (κ1) is 16.1. The van der Waals surface area contributed by atoms with Gasteiger partial charge in [0, 0.05) is 30.1 Å². The lowest BCUT2D eigenvalue weighted by Gasteiger charge is -2.08. The summed E-state index contributed by atoms with van der Waals surface area (Å²) in [5, 5.41) is 7.22. The van der Waals surface area contributed by atoms with Gasteiger partial charge in [0.2, 0.25) is 0 Å². The van der Waals surface area contributed by atoms with Crippen molar-refractivity contribution in [1.82, 2.24) is 15.5 Å². The molecule has 1 aromatic carbocycles. The molecule has 3 aromatic rings. The van der Waals surface area contributed by atoms with Crippen LogP contribution < -0.4 is 5.32 Å². The molecule has 0 radical (unpaired) electrons. The number of fused-ring (bicyclic) bond motifs is 1. The van der Waals surface area contributed by atoms with Crippen LogP contribution in [0, 0.1) is 5.82 Å². The fourth-order valence-corrected chi connectivity index (χ4v) is 2.72. The summed E-state index contributed by atoms with van der Waals surface area (Å²) in [7, 11) is 0. The molecule has 0 saturated heterocycles. The third-order valence-corrected chi connectivity index (χ3v) is 3.99. The molecule has 0 aliphatic rings. The zero-order chi connectivity index (χ0) is 17.1. The van der Waals surface area contributed by atoms with Crippen molar-refractivity contribution in [2.75, 3.05) is 0 Å². The van der Waals surface area contributed by atoms with Crippen molar-refractivity contribution in [3.8, 4) is 0 Å². The highest BCUT2D eigenvalue weighted by molar-refractivity contribution is 6.05. The van der Waals surface area contributed by atoms with Gasteiger partial charge >= 0.3 is 0 Å². The number of pyridine rings is 1. The molecule has 124 valence electrons. The largest absolute Gasteiger partial charge is 0.361 e. The van der Waals surface area contributed by atoms with Crippen LogP contribution in [0.4, 0.5) is 4.39 Å². The quantitative estimate of drug-likeness (QED) is 0.780. The number of aromatic nitrogens is 2. The molecule has 1 amide bonds. The zero-order valence-corrected chi connectivity index (χ0v) is 13.6. The first-order valence-electron chi connectivity index (χ1n) is 7.93. The van der Waals surface area contributed by atoms with E-state index in [0.29, 0.717) is 29.4 Å². The average Bonchev–Trinajstić information content (AvgIpc) is 3.02. The van der Waals surface area contributed by atoms with Gasteiger partial charge in [-0.25, -0.2) is 4.39 Å². The van der Waals surface area contributed by atoms with Crippen molar-refractivity contribution in [1.29, 1.82) is 0 Å². The number of nitrogens with one attached hydrogen (secondary N) is 1. The highest BCUT2D eigenvalue weighted by Crippen LogP contribution is 2.20. The molecule has 3 rings (SSSR count). The van der Waals surface area contributed by atoms with Gasteiger partial charge in [-0.05, 0) is 30.7 Å². The van der Waals surface area contributed by atoms with Gasteiger partial charge in [0.05, 0.1) is 16.8 Å². The van der Waals surface area contributed by atoms with Gasteiger partial charge in [0.15, 0.2) is 0 Å². The van der Waals surface area contributed by atoms with Crippen LogP contribution in [0.15, 0.2) is 35.0 Å². The monoisotopic (exact) mass is 327 g/mol. The Morgan fingerprint density at radius 3 is 2.83 bits per heavy atom. The minimum atomic E-state index is -0.393. The van der Waals surface area contributed by atoms with Crippen LogP contribution in [0.1, 0.15) is 41.2 Å². The molecule has 0 aliphatic heterocycles. The predicted molar refractivity (Wildman–Crippen MR) is 88.1 cm³/mol. The number of hydrogen-bond donors (Lipinski definition) is 1. The minimum Gasteiger partial charge on any atom is -0.361 e. The normalized spacial score (nSPS) is 11.0. The molecular weight excluding hydrogens is 309 g/mol. The second kappa shape index (κ2) is 6.78. The van der Waals surface area contributed by atoms with Crippen LogP contribution in [0.5, 0.6) is 0 Å². The van der Waals surface area contributed by atoms with Gasteiger partial charge < -0.3 is 9.84 Å². The fraction of sp³-hybridized carbons (Fsp3) is 0.278. The van der Waals surface area contributed by atoms with E-state index in [-0.39, 0.29) is 5.91 Å². The summed E-state index contributed by atoms with van der Waals surface area (Å²) in [5.74, 6) is 0.0773. The lowest BCUT2D eigenvalue weighted by Crippen LogP contribution is -2.24. The van der Waals surface area contributed by atoms with Crippen LogP contribution in [-0.2, 0) is 19.4 Å². The molecule has 5 nitrogen and oxygen atoms in total. The van der Waals surface area contributed by atoms with E-state index in [1.165, 1.54) is 12.1 Å². The van der Waals surface area contributed by atoms with Crippen molar-refractivity contribution >= 4 is 16.8 Å². The van der Waals surface area contributed by atoms with Gasteiger partial charge in [0.25, 0.3) is 5.91 Å². The maximum atomic E-state index is 13.8. The van der Waals surface area contributed by atoms with Gasteiger partial charge in [-0.3, -0.25) is 9.78 Å². The highest BCUT2D eigenvalue weighted by atomic mass is 19.1. The van der Waals surface area contributed by atoms with E-state index in [4.69, 9.17) is 4.52 Å². The van der Waals surface area contributed by atoms with Crippen molar-refractivity contribution in [3.63, 3.8) is 0 Å². The lowest BCUT2D eigenvalue weighted by molar-refractivity contribution is 0.0952. The topological polar surface area (TPSA) is 68.0 Å². The Morgan fingerprint density at radius 2 is 2.08 bits per heavy atom. The molecule has 0 saturated carbocycles. The SMILES string of the molecule is CCc1noc(CC)c1CNC(=O)c1ccc(F)c2cccnc12. The summed E-state index contributed by atoms with van der Waals surface area (Å²) >= 11 is 0. The summed E-state index contributed by atoms with van der Waals surface area (Å²) in [6.07, 6.45) is 2.98. The number of carbonyl (C=O) groups excluding carboxylic acids is 1. The Balaban J connectivity index is 1.87. The van der Waals surface area contributed by atoms with Crippen LogP contribution in [-0.4, -0.2) is 16.0 Å². The Labute approximate surface area is 138 Å². The molecule has 2 heterocycles. The van der Waals surface area contributed by atoms with Crippen molar-refractivity contribution < 1.29 is 13.7 Å². The summed E-state index contributed by atoms with van der Waals surface area (Å²) in [5.41, 5.74) is 2.45. The second-order valence-electron chi connectivity index (χ2n) is 5.42. The average molecular weight is 327 g/mol. The molecule has 2 aromatic heterocycles. The van der Waals surface area contributed by atoms with Crippen LogP contribution >= 0.6 is 0 Å². The Bertz CT molecular complexity index is 868. The van der Waals surface area contributed by atoms with Crippen LogP contribution in [0.25, 0.3) is 10.9 Å². The number of benzene rings is 1. The predicted octanol–water partition coefficient (Wildman–Crippen LogP) is 3.42. The molecule has 0 fully saturated rings. The number of hydrogen-bond acceptors (Lipinski definition) is 4. The number of amides is 1. The number of nitrogens with zero attached hydrogens (tertiary/aromatic N) is 2. The van der Waals surface area contributed by atoms with E-state index < -0.39 is 5.82 Å². The molecular formula is C18H18FN3O2. The number of halogens is 1. The van der Waals surface area contributed by atoms with Gasteiger partial charge in [0.1, 0.15) is 11.6 Å². The van der Waals surface area contributed by atoms with Gasteiger partial charge in [-0.15, -0.1) is 0 Å². The molecule has 0 unspecified atom stereocenters. The molecule has 0 atom stereocenters. The lowest BCUT2D eigenvalue weighted by atomic mass is 10.1. The number of rotatable bonds is 5. The molecule has 0 bridgehead atoms. The van der Waals surface area contributed by atoms with E-state index in [1.54, 1.807) is 18.3 Å². The van der Waals surface area contributed by atoms with Crippen molar-refractivity contribution in [2.24, 2.45) is 0 Å². The highest BCUT2D eigenvalue weighted by Gasteiger charge is 2.17. The Kier molecular flexibility index (Phi) is 4.55. The van der Waals surface area contributed by atoms with E-state index in [0.717, 1.165) is 23.4 Å². The maximum absolute atomic E-state index is 13.8.